The van der Waals surface area contributed by atoms with E-state index < -0.39 is 0 Å². The molecule has 2 atom stereocenters. The molecule has 0 spiro atoms. The SMILES string of the molecule is CC(N)CN1NC(C(C)(C)C)CC1=O. The largest absolute Gasteiger partial charge is 0.326 e. The molecule has 1 fully saturated rings. The molecule has 0 aromatic rings. The van der Waals surface area contributed by atoms with Gasteiger partial charge in [-0.25, -0.2) is 5.43 Å². The van der Waals surface area contributed by atoms with Gasteiger partial charge >= 0.3 is 0 Å². The molecule has 0 saturated carbocycles. The molecule has 82 valence electrons. The molecule has 1 aliphatic heterocycles. The predicted molar refractivity (Wildman–Crippen MR) is 56.4 cm³/mol. The monoisotopic (exact) mass is 199 g/mol. The molecular weight excluding hydrogens is 178 g/mol. The van der Waals surface area contributed by atoms with Crippen LogP contribution in [0.4, 0.5) is 0 Å². The lowest BCUT2D eigenvalue weighted by atomic mass is 9.86. The lowest BCUT2D eigenvalue weighted by Crippen LogP contribution is -2.46. The number of nitrogens with two attached hydrogens (primary N) is 1. The second-order valence-corrected chi connectivity index (χ2v) is 5.23. The summed E-state index contributed by atoms with van der Waals surface area (Å²) < 4.78 is 0. The Balaban J connectivity index is 2.56. The minimum Gasteiger partial charge on any atom is -0.326 e. The van der Waals surface area contributed by atoms with Crippen LogP contribution in [0, 0.1) is 5.41 Å². The highest BCUT2D eigenvalue weighted by atomic mass is 16.2. The fourth-order valence-electron chi connectivity index (χ4n) is 1.53. The van der Waals surface area contributed by atoms with E-state index >= 15 is 0 Å². The van der Waals surface area contributed by atoms with E-state index in [2.05, 4.69) is 26.2 Å². The third-order valence-electron chi connectivity index (χ3n) is 2.51. The maximum atomic E-state index is 11.6. The second kappa shape index (κ2) is 3.87. The summed E-state index contributed by atoms with van der Waals surface area (Å²) in [7, 11) is 0. The maximum absolute atomic E-state index is 11.6. The Bertz CT molecular complexity index is 220. The van der Waals surface area contributed by atoms with Gasteiger partial charge in [0.05, 0.1) is 6.54 Å². The van der Waals surface area contributed by atoms with Crippen molar-refractivity contribution in [1.29, 1.82) is 0 Å². The van der Waals surface area contributed by atoms with Crippen molar-refractivity contribution in [2.75, 3.05) is 6.54 Å². The summed E-state index contributed by atoms with van der Waals surface area (Å²) in [6.07, 6.45) is 0.580. The summed E-state index contributed by atoms with van der Waals surface area (Å²) >= 11 is 0. The maximum Gasteiger partial charge on any atom is 0.238 e. The van der Waals surface area contributed by atoms with E-state index in [-0.39, 0.29) is 23.4 Å². The molecule has 14 heavy (non-hydrogen) atoms. The third-order valence-corrected chi connectivity index (χ3v) is 2.51. The van der Waals surface area contributed by atoms with Crippen LogP contribution < -0.4 is 11.2 Å². The Kier molecular flexibility index (Phi) is 3.17. The number of hydrazine groups is 1. The van der Waals surface area contributed by atoms with Gasteiger partial charge in [-0.15, -0.1) is 0 Å². The summed E-state index contributed by atoms with van der Waals surface area (Å²) in [5.41, 5.74) is 8.98. The number of rotatable bonds is 2. The number of carbonyl (C=O) groups is 1. The van der Waals surface area contributed by atoms with Crippen molar-refractivity contribution in [2.45, 2.75) is 46.2 Å². The number of hydrogen-bond acceptors (Lipinski definition) is 3. The van der Waals surface area contributed by atoms with Gasteiger partial charge in [0, 0.05) is 18.5 Å². The normalized spacial score (nSPS) is 25.6. The second-order valence-electron chi connectivity index (χ2n) is 5.23. The van der Waals surface area contributed by atoms with Gasteiger partial charge in [0.25, 0.3) is 0 Å². The molecule has 1 aliphatic rings. The fourth-order valence-corrected chi connectivity index (χ4v) is 1.53. The Morgan fingerprint density at radius 2 is 2.21 bits per heavy atom. The minimum absolute atomic E-state index is 0.0187. The van der Waals surface area contributed by atoms with Crippen molar-refractivity contribution in [3.63, 3.8) is 0 Å². The Labute approximate surface area is 85.8 Å². The van der Waals surface area contributed by atoms with Crippen molar-refractivity contribution in [3.8, 4) is 0 Å². The zero-order valence-electron chi connectivity index (χ0n) is 9.50. The van der Waals surface area contributed by atoms with E-state index in [0.29, 0.717) is 13.0 Å². The first-order valence-electron chi connectivity index (χ1n) is 5.13. The summed E-state index contributed by atoms with van der Waals surface area (Å²) in [5, 5.41) is 1.65. The lowest BCUT2D eigenvalue weighted by molar-refractivity contribution is -0.129. The first kappa shape index (κ1) is 11.5. The Morgan fingerprint density at radius 1 is 1.64 bits per heavy atom. The van der Waals surface area contributed by atoms with Crippen LogP contribution in [0.3, 0.4) is 0 Å². The number of carbonyl (C=O) groups excluding carboxylic acids is 1. The molecule has 1 rings (SSSR count). The first-order chi connectivity index (χ1) is 6.30. The predicted octanol–water partition coefficient (Wildman–Crippen LogP) is 0.485. The van der Waals surface area contributed by atoms with Crippen LogP contribution in [-0.2, 0) is 4.79 Å². The van der Waals surface area contributed by atoms with Crippen LogP contribution in [0.1, 0.15) is 34.1 Å². The first-order valence-corrected chi connectivity index (χ1v) is 5.13. The summed E-state index contributed by atoms with van der Waals surface area (Å²) in [6.45, 7) is 8.89. The Morgan fingerprint density at radius 3 is 2.57 bits per heavy atom. The van der Waals surface area contributed by atoms with Gasteiger partial charge in [0.1, 0.15) is 0 Å². The van der Waals surface area contributed by atoms with Gasteiger partial charge in [-0.2, -0.15) is 0 Å². The smallest absolute Gasteiger partial charge is 0.238 e. The summed E-state index contributed by atoms with van der Waals surface area (Å²) in [6, 6.07) is 0.249. The van der Waals surface area contributed by atoms with Gasteiger partial charge in [-0.3, -0.25) is 9.80 Å². The van der Waals surface area contributed by atoms with Gasteiger partial charge < -0.3 is 5.73 Å². The standard InChI is InChI=1S/C10H21N3O/c1-7(11)6-13-9(14)5-8(12-13)10(2,3)4/h7-8,12H,5-6,11H2,1-4H3. The fraction of sp³-hybridized carbons (Fsp3) is 0.900. The molecule has 0 radical (unpaired) electrons. The topological polar surface area (TPSA) is 58.4 Å². The summed E-state index contributed by atoms with van der Waals surface area (Å²) in [5.74, 6) is 0.155. The highest BCUT2D eigenvalue weighted by molar-refractivity contribution is 5.78. The molecule has 1 heterocycles. The van der Waals surface area contributed by atoms with Crippen LogP contribution in [0.15, 0.2) is 0 Å². The van der Waals surface area contributed by atoms with Crippen molar-refractivity contribution >= 4 is 5.91 Å². The number of hydrogen-bond donors (Lipinski definition) is 2. The number of amides is 1. The van der Waals surface area contributed by atoms with Crippen LogP contribution in [0.5, 0.6) is 0 Å². The van der Waals surface area contributed by atoms with Crippen molar-refractivity contribution in [2.24, 2.45) is 11.1 Å². The van der Waals surface area contributed by atoms with E-state index in [1.165, 1.54) is 0 Å². The molecule has 0 bridgehead atoms. The molecule has 1 saturated heterocycles. The lowest BCUT2D eigenvalue weighted by Gasteiger charge is -2.28. The molecule has 4 nitrogen and oxygen atoms in total. The van der Waals surface area contributed by atoms with Gasteiger partial charge in [-0.05, 0) is 12.3 Å². The van der Waals surface area contributed by atoms with Crippen LogP contribution in [0.2, 0.25) is 0 Å². The summed E-state index contributed by atoms with van der Waals surface area (Å²) in [4.78, 5) is 11.6. The number of nitrogens with one attached hydrogen (secondary N) is 1. The Hall–Kier alpha value is -0.610. The van der Waals surface area contributed by atoms with E-state index in [1.54, 1.807) is 5.01 Å². The molecule has 4 heteroatoms. The highest BCUT2D eigenvalue weighted by Crippen LogP contribution is 2.26. The van der Waals surface area contributed by atoms with Crippen LogP contribution >= 0.6 is 0 Å². The van der Waals surface area contributed by atoms with Gasteiger partial charge in [-0.1, -0.05) is 20.8 Å². The quantitative estimate of drug-likeness (QED) is 0.680. The average molecular weight is 199 g/mol. The molecule has 1 amide bonds. The molecule has 0 aliphatic carbocycles. The highest BCUT2D eigenvalue weighted by Gasteiger charge is 2.36. The zero-order valence-corrected chi connectivity index (χ0v) is 9.50. The minimum atomic E-state index is 0.0187. The van der Waals surface area contributed by atoms with Crippen molar-refractivity contribution in [3.05, 3.63) is 0 Å². The molecule has 3 N–H and O–H groups in total. The zero-order chi connectivity index (χ0) is 10.9. The average Bonchev–Trinajstić information content (AvgIpc) is 2.30. The molecule has 0 aromatic heterocycles. The van der Waals surface area contributed by atoms with E-state index in [1.807, 2.05) is 6.92 Å². The van der Waals surface area contributed by atoms with Crippen LogP contribution in [0.25, 0.3) is 0 Å². The number of nitrogens with zero attached hydrogens (tertiary/aromatic N) is 1. The van der Waals surface area contributed by atoms with Gasteiger partial charge in [0.15, 0.2) is 0 Å². The van der Waals surface area contributed by atoms with Gasteiger partial charge in [0.2, 0.25) is 5.91 Å². The van der Waals surface area contributed by atoms with E-state index in [4.69, 9.17) is 5.73 Å². The molecular formula is C10H21N3O. The third kappa shape index (κ3) is 2.69. The molecule has 0 aromatic carbocycles. The van der Waals surface area contributed by atoms with E-state index in [0.717, 1.165) is 0 Å². The van der Waals surface area contributed by atoms with E-state index in [9.17, 15) is 4.79 Å². The molecule has 2 unspecified atom stereocenters. The van der Waals surface area contributed by atoms with Crippen molar-refractivity contribution in [1.82, 2.24) is 10.4 Å². The van der Waals surface area contributed by atoms with Crippen LogP contribution in [-0.4, -0.2) is 29.5 Å². The van der Waals surface area contributed by atoms with Crippen molar-refractivity contribution < 1.29 is 4.79 Å².